The van der Waals surface area contributed by atoms with Gasteiger partial charge in [-0.15, -0.1) is 0 Å². The minimum absolute atomic E-state index is 0.130. The quantitative estimate of drug-likeness (QED) is 0.195. The Morgan fingerprint density at radius 2 is 1.41 bits per heavy atom. The SMILES string of the molecule is CC(C)[C@H](NC(=O)[C@H](C)NC(=O)[C@@H](NC(=O)c1ccccc1C(=O)O)C(C)(C)C)C(=O)C(=O)NCC(=O)N1CCN(C)CC1. The zero-order valence-electron chi connectivity index (χ0n) is 26.4. The highest BCUT2D eigenvalue weighted by Crippen LogP contribution is 2.21. The molecular weight excluding hydrogens is 572 g/mol. The van der Waals surface area contributed by atoms with Crippen LogP contribution >= 0.6 is 0 Å². The second kappa shape index (κ2) is 15.4. The maximum absolute atomic E-state index is 13.3. The van der Waals surface area contributed by atoms with Gasteiger partial charge in [0.15, 0.2) is 0 Å². The van der Waals surface area contributed by atoms with Crippen molar-refractivity contribution < 1.29 is 38.7 Å². The van der Waals surface area contributed by atoms with Crippen LogP contribution in [-0.2, 0) is 24.0 Å². The lowest BCUT2D eigenvalue weighted by atomic mass is 9.85. The fraction of sp³-hybridized carbons (Fsp3) is 0.567. The van der Waals surface area contributed by atoms with Crippen LogP contribution in [0, 0.1) is 11.3 Å². The molecule has 0 radical (unpaired) electrons. The van der Waals surface area contributed by atoms with Gasteiger partial charge in [0.05, 0.1) is 23.7 Å². The topological polar surface area (TPSA) is 194 Å². The molecule has 1 aliphatic heterocycles. The van der Waals surface area contributed by atoms with Crippen molar-refractivity contribution in [3.8, 4) is 0 Å². The Labute approximate surface area is 257 Å². The van der Waals surface area contributed by atoms with Gasteiger partial charge in [-0.05, 0) is 37.4 Å². The molecule has 1 aliphatic rings. The van der Waals surface area contributed by atoms with Gasteiger partial charge in [0.2, 0.25) is 23.5 Å². The Balaban J connectivity index is 2.03. The zero-order valence-corrected chi connectivity index (χ0v) is 26.4. The number of hydrogen-bond donors (Lipinski definition) is 5. The summed E-state index contributed by atoms with van der Waals surface area (Å²) in [7, 11) is 1.94. The molecule has 44 heavy (non-hydrogen) atoms. The van der Waals surface area contributed by atoms with Gasteiger partial charge in [-0.25, -0.2) is 4.79 Å². The average molecular weight is 617 g/mol. The summed E-state index contributed by atoms with van der Waals surface area (Å²) in [5.41, 5.74) is -1.21. The molecule has 0 bridgehead atoms. The van der Waals surface area contributed by atoms with Crippen LogP contribution in [0.3, 0.4) is 0 Å². The highest BCUT2D eigenvalue weighted by Gasteiger charge is 2.36. The highest BCUT2D eigenvalue weighted by molar-refractivity contribution is 6.38. The standard InChI is InChI=1S/C30H44N6O8/c1-17(2)22(23(38)27(41)31-16-21(37)36-14-12-35(7)13-15-36)33-25(39)18(3)32-28(42)24(30(4,5)6)34-26(40)19-10-8-9-11-20(19)29(43)44/h8-11,17-18,22,24H,12-16H2,1-7H3,(H,31,41)(H,32,42)(H,33,39)(H,34,40)(H,43,44)/t18-,22-,24+/m0/s1. The van der Waals surface area contributed by atoms with E-state index in [4.69, 9.17) is 0 Å². The largest absolute Gasteiger partial charge is 0.478 e. The Kier molecular flexibility index (Phi) is 12.6. The average Bonchev–Trinajstić information content (AvgIpc) is 2.95. The van der Waals surface area contributed by atoms with Crippen LogP contribution in [0.4, 0.5) is 0 Å². The van der Waals surface area contributed by atoms with Crippen molar-refractivity contribution in [2.24, 2.45) is 11.3 Å². The van der Waals surface area contributed by atoms with Crippen molar-refractivity contribution in [1.29, 1.82) is 0 Å². The maximum atomic E-state index is 13.3. The lowest BCUT2D eigenvalue weighted by Crippen LogP contribution is -2.59. The number of piperazine rings is 1. The van der Waals surface area contributed by atoms with Crippen molar-refractivity contribution in [1.82, 2.24) is 31.1 Å². The van der Waals surface area contributed by atoms with E-state index in [0.29, 0.717) is 26.2 Å². The Morgan fingerprint density at radius 1 is 0.841 bits per heavy atom. The number of rotatable bonds is 12. The van der Waals surface area contributed by atoms with Crippen LogP contribution in [0.25, 0.3) is 0 Å². The first kappa shape index (κ1) is 35.9. The van der Waals surface area contributed by atoms with Gasteiger partial charge in [-0.2, -0.15) is 0 Å². The zero-order chi connectivity index (χ0) is 33.4. The van der Waals surface area contributed by atoms with E-state index in [2.05, 4.69) is 26.2 Å². The Bertz CT molecular complexity index is 1270. The number of nitrogens with zero attached hydrogens (tertiary/aromatic N) is 2. The summed E-state index contributed by atoms with van der Waals surface area (Å²) in [5, 5.41) is 19.4. The van der Waals surface area contributed by atoms with Crippen LogP contribution in [-0.4, -0.2) is 114 Å². The first-order chi connectivity index (χ1) is 20.4. The minimum atomic E-state index is -1.30. The molecule has 242 valence electrons. The molecule has 2 rings (SSSR count). The molecule has 5 N–H and O–H groups in total. The molecular formula is C30H44N6O8. The number of aromatic carboxylic acids is 1. The molecule has 5 amide bonds. The summed E-state index contributed by atoms with van der Waals surface area (Å²) < 4.78 is 0. The molecule has 0 saturated carbocycles. The molecule has 0 unspecified atom stereocenters. The van der Waals surface area contributed by atoms with Crippen molar-refractivity contribution in [3.63, 3.8) is 0 Å². The summed E-state index contributed by atoms with van der Waals surface area (Å²) in [4.78, 5) is 92.5. The predicted molar refractivity (Wildman–Crippen MR) is 161 cm³/mol. The number of carboxylic acids is 1. The normalized spacial score (nSPS) is 15.9. The number of nitrogens with one attached hydrogen (secondary N) is 4. The monoisotopic (exact) mass is 616 g/mol. The summed E-state index contributed by atoms with van der Waals surface area (Å²) in [5.74, 6) is -6.30. The molecule has 0 spiro atoms. The Hall–Kier alpha value is -4.33. The van der Waals surface area contributed by atoms with Crippen molar-refractivity contribution in [2.45, 2.75) is 59.7 Å². The molecule has 1 aromatic carbocycles. The van der Waals surface area contributed by atoms with E-state index in [1.807, 2.05) is 7.05 Å². The van der Waals surface area contributed by atoms with Gasteiger partial charge in [0.1, 0.15) is 12.1 Å². The van der Waals surface area contributed by atoms with Gasteiger partial charge in [-0.1, -0.05) is 46.8 Å². The van der Waals surface area contributed by atoms with E-state index in [1.165, 1.54) is 31.2 Å². The lowest BCUT2D eigenvalue weighted by molar-refractivity contribution is -0.142. The molecule has 0 aliphatic carbocycles. The molecule has 14 heteroatoms. The molecule has 14 nitrogen and oxygen atoms in total. The molecule has 1 saturated heterocycles. The van der Waals surface area contributed by atoms with Gasteiger partial charge >= 0.3 is 5.97 Å². The van der Waals surface area contributed by atoms with Crippen LogP contribution < -0.4 is 21.3 Å². The van der Waals surface area contributed by atoms with E-state index >= 15 is 0 Å². The number of likely N-dealkylation sites (N-methyl/N-ethyl adjacent to an activating group) is 1. The van der Waals surface area contributed by atoms with E-state index in [-0.39, 0.29) is 23.6 Å². The van der Waals surface area contributed by atoms with Gasteiger partial charge < -0.3 is 36.2 Å². The van der Waals surface area contributed by atoms with Crippen LogP contribution in [0.5, 0.6) is 0 Å². The van der Waals surface area contributed by atoms with E-state index in [1.54, 1.807) is 39.5 Å². The first-order valence-electron chi connectivity index (χ1n) is 14.5. The second-order valence-electron chi connectivity index (χ2n) is 12.3. The summed E-state index contributed by atoms with van der Waals surface area (Å²) in [6.45, 7) is 11.8. The highest BCUT2D eigenvalue weighted by atomic mass is 16.4. The van der Waals surface area contributed by atoms with E-state index in [0.717, 1.165) is 0 Å². The summed E-state index contributed by atoms with van der Waals surface area (Å²) >= 11 is 0. The fourth-order valence-corrected chi connectivity index (χ4v) is 4.48. The van der Waals surface area contributed by atoms with Crippen molar-refractivity contribution in [2.75, 3.05) is 39.8 Å². The summed E-state index contributed by atoms with van der Waals surface area (Å²) in [6.07, 6.45) is 0. The smallest absolute Gasteiger partial charge is 0.336 e. The summed E-state index contributed by atoms with van der Waals surface area (Å²) in [6, 6.07) is 2.00. The number of carboxylic acid groups (broad SMARTS) is 1. The minimum Gasteiger partial charge on any atom is -0.478 e. The number of amides is 5. The third-order valence-electron chi connectivity index (χ3n) is 7.28. The van der Waals surface area contributed by atoms with Crippen LogP contribution in [0.2, 0.25) is 0 Å². The third-order valence-corrected chi connectivity index (χ3v) is 7.28. The molecule has 1 fully saturated rings. The Morgan fingerprint density at radius 3 is 1.93 bits per heavy atom. The number of ketones is 1. The van der Waals surface area contributed by atoms with Crippen LogP contribution in [0.1, 0.15) is 62.3 Å². The molecule has 3 atom stereocenters. The molecule has 1 heterocycles. The first-order valence-corrected chi connectivity index (χ1v) is 14.5. The van der Waals surface area contributed by atoms with Gasteiger partial charge in [0.25, 0.3) is 11.8 Å². The predicted octanol–water partition coefficient (Wildman–Crippen LogP) is -0.366. The second-order valence-corrected chi connectivity index (χ2v) is 12.3. The van der Waals surface area contributed by atoms with Gasteiger partial charge in [-0.3, -0.25) is 28.8 Å². The number of benzene rings is 1. The maximum Gasteiger partial charge on any atom is 0.336 e. The van der Waals surface area contributed by atoms with E-state index < -0.39 is 64.8 Å². The third kappa shape index (κ3) is 9.86. The van der Waals surface area contributed by atoms with E-state index in [9.17, 15) is 38.7 Å². The molecule has 1 aromatic rings. The number of hydrogen-bond acceptors (Lipinski definition) is 8. The number of Topliss-reactive ketones (excluding diaryl/α,β-unsaturated/α-hetero) is 1. The van der Waals surface area contributed by atoms with Gasteiger partial charge in [0, 0.05) is 26.2 Å². The van der Waals surface area contributed by atoms with Crippen molar-refractivity contribution >= 4 is 41.3 Å². The fourth-order valence-electron chi connectivity index (χ4n) is 4.48. The molecule has 0 aromatic heterocycles. The van der Waals surface area contributed by atoms with Crippen LogP contribution in [0.15, 0.2) is 24.3 Å². The number of carbonyl (C=O) groups is 7. The number of carbonyl (C=O) groups excluding carboxylic acids is 6. The van der Waals surface area contributed by atoms with Crippen molar-refractivity contribution in [3.05, 3.63) is 35.4 Å². The lowest BCUT2D eigenvalue weighted by Gasteiger charge is -2.32.